The molecule has 1 unspecified atom stereocenters. The third-order valence-corrected chi connectivity index (χ3v) is 3.35. The van der Waals surface area contributed by atoms with Gasteiger partial charge in [0.2, 0.25) is 5.88 Å². The number of hydrogen-bond acceptors (Lipinski definition) is 3. The number of halogens is 1. The standard InChI is InChI=1S/C15H17BrN2O/c1-11(10-12-5-7-13(16)8-6-12)18-14-4-3-9-17-15(14)19-2/h3-9,11,18H,10H2,1-2H3. The average Bonchev–Trinajstić information content (AvgIpc) is 2.42. The molecular formula is C15H17BrN2O. The summed E-state index contributed by atoms with van der Waals surface area (Å²) in [6.45, 7) is 2.15. The predicted molar refractivity (Wildman–Crippen MR) is 81.7 cm³/mol. The first kappa shape index (κ1) is 13.9. The summed E-state index contributed by atoms with van der Waals surface area (Å²) in [6, 6.07) is 12.6. The summed E-state index contributed by atoms with van der Waals surface area (Å²) in [5.41, 5.74) is 2.22. The van der Waals surface area contributed by atoms with E-state index in [4.69, 9.17) is 4.74 Å². The van der Waals surface area contributed by atoms with Gasteiger partial charge in [0.15, 0.2) is 0 Å². The molecule has 100 valence electrons. The van der Waals surface area contributed by atoms with Gasteiger partial charge in [-0.3, -0.25) is 0 Å². The maximum Gasteiger partial charge on any atom is 0.237 e. The van der Waals surface area contributed by atoms with E-state index in [9.17, 15) is 0 Å². The summed E-state index contributed by atoms with van der Waals surface area (Å²) in [5.74, 6) is 0.630. The molecule has 1 heterocycles. The largest absolute Gasteiger partial charge is 0.480 e. The molecule has 0 spiro atoms. The number of methoxy groups -OCH3 is 1. The number of nitrogens with zero attached hydrogens (tertiary/aromatic N) is 1. The van der Waals surface area contributed by atoms with Gasteiger partial charge in [0.25, 0.3) is 0 Å². The minimum absolute atomic E-state index is 0.305. The molecule has 2 aromatic rings. The fourth-order valence-electron chi connectivity index (χ4n) is 1.95. The minimum Gasteiger partial charge on any atom is -0.480 e. The minimum atomic E-state index is 0.305. The Bertz CT molecular complexity index is 528. The number of aromatic nitrogens is 1. The van der Waals surface area contributed by atoms with Crippen LogP contribution in [0.1, 0.15) is 12.5 Å². The zero-order valence-corrected chi connectivity index (χ0v) is 12.6. The van der Waals surface area contributed by atoms with Crippen molar-refractivity contribution in [2.75, 3.05) is 12.4 Å². The van der Waals surface area contributed by atoms with E-state index in [0.29, 0.717) is 11.9 Å². The molecule has 0 amide bonds. The van der Waals surface area contributed by atoms with Gasteiger partial charge in [0.05, 0.1) is 12.8 Å². The molecule has 1 aromatic heterocycles. The highest BCUT2D eigenvalue weighted by atomic mass is 79.9. The quantitative estimate of drug-likeness (QED) is 0.907. The maximum atomic E-state index is 5.23. The summed E-state index contributed by atoms with van der Waals surface area (Å²) in [5, 5.41) is 3.43. The van der Waals surface area contributed by atoms with Crippen molar-refractivity contribution in [2.45, 2.75) is 19.4 Å². The lowest BCUT2D eigenvalue weighted by Crippen LogP contribution is -2.18. The van der Waals surface area contributed by atoms with Gasteiger partial charge in [-0.1, -0.05) is 28.1 Å². The van der Waals surface area contributed by atoms with Crippen molar-refractivity contribution in [3.63, 3.8) is 0 Å². The molecule has 0 saturated carbocycles. The summed E-state index contributed by atoms with van der Waals surface area (Å²) in [6.07, 6.45) is 2.68. The summed E-state index contributed by atoms with van der Waals surface area (Å²) < 4.78 is 6.33. The Morgan fingerprint density at radius 2 is 2.00 bits per heavy atom. The van der Waals surface area contributed by atoms with Crippen LogP contribution in [0.5, 0.6) is 5.88 Å². The van der Waals surface area contributed by atoms with Gasteiger partial charge in [-0.2, -0.15) is 0 Å². The first-order valence-electron chi connectivity index (χ1n) is 6.19. The Labute approximate surface area is 122 Å². The lowest BCUT2D eigenvalue weighted by Gasteiger charge is -2.16. The van der Waals surface area contributed by atoms with Crippen LogP contribution in [0.2, 0.25) is 0 Å². The van der Waals surface area contributed by atoms with Crippen LogP contribution < -0.4 is 10.1 Å². The predicted octanol–water partition coefficient (Wildman–Crippen LogP) is 3.90. The molecule has 0 aliphatic carbocycles. The highest BCUT2D eigenvalue weighted by molar-refractivity contribution is 9.10. The van der Waals surface area contributed by atoms with Crippen molar-refractivity contribution in [3.8, 4) is 5.88 Å². The van der Waals surface area contributed by atoms with E-state index in [1.165, 1.54) is 5.56 Å². The van der Waals surface area contributed by atoms with Crippen LogP contribution >= 0.6 is 15.9 Å². The maximum absolute atomic E-state index is 5.23. The van der Waals surface area contributed by atoms with Crippen LogP contribution in [0.15, 0.2) is 47.1 Å². The lowest BCUT2D eigenvalue weighted by atomic mass is 10.1. The topological polar surface area (TPSA) is 34.1 Å². The van der Waals surface area contributed by atoms with E-state index in [1.807, 2.05) is 12.1 Å². The zero-order chi connectivity index (χ0) is 13.7. The van der Waals surface area contributed by atoms with Crippen molar-refractivity contribution in [1.82, 2.24) is 4.98 Å². The van der Waals surface area contributed by atoms with Crippen LogP contribution in [-0.4, -0.2) is 18.1 Å². The van der Waals surface area contributed by atoms with Gasteiger partial charge in [-0.25, -0.2) is 4.98 Å². The summed E-state index contributed by atoms with van der Waals surface area (Å²) in [4.78, 5) is 4.18. The van der Waals surface area contributed by atoms with Crippen molar-refractivity contribution < 1.29 is 4.74 Å². The van der Waals surface area contributed by atoms with Crippen LogP contribution in [0.4, 0.5) is 5.69 Å². The third kappa shape index (κ3) is 3.96. The van der Waals surface area contributed by atoms with Gasteiger partial charge in [0.1, 0.15) is 0 Å². The Balaban J connectivity index is 2.01. The average molecular weight is 321 g/mol. The van der Waals surface area contributed by atoms with Gasteiger partial charge in [-0.15, -0.1) is 0 Å². The van der Waals surface area contributed by atoms with Crippen molar-refractivity contribution in [1.29, 1.82) is 0 Å². The highest BCUT2D eigenvalue weighted by Gasteiger charge is 2.08. The molecule has 3 nitrogen and oxygen atoms in total. The molecule has 1 atom stereocenters. The monoisotopic (exact) mass is 320 g/mol. The Kier molecular flexibility index (Phi) is 4.80. The van der Waals surface area contributed by atoms with E-state index in [2.05, 4.69) is 57.4 Å². The van der Waals surface area contributed by atoms with E-state index >= 15 is 0 Å². The normalized spacial score (nSPS) is 11.9. The fourth-order valence-corrected chi connectivity index (χ4v) is 2.22. The van der Waals surface area contributed by atoms with Gasteiger partial charge in [0, 0.05) is 16.7 Å². The SMILES string of the molecule is COc1ncccc1NC(C)Cc1ccc(Br)cc1. The Morgan fingerprint density at radius 3 is 2.68 bits per heavy atom. The van der Waals surface area contributed by atoms with Crippen LogP contribution in [0.3, 0.4) is 0 Å². The molecule has 19 heavy (non-hydrogen) atoms. The van der Waals surface area contributed by atoms with Crippen molar-refractivity contribution in [2.24, 2.45) is 0 Å². The second kappa shape index (κ2) is 6.57. The Hall–Kier alpha value is -1.55. The van der Waals surface area contributed by atoms with Crippen LogP contribution in [0.25, 0.3) is 0 Å². The Morgan fingerprint density at radius 1 is 1.26 bits per heavy atom. The summed E-state index contributed by atoms with van der Waals surface area (Å²) in [7, 11) is 1.63. The molecule has 4 heteroatoms. The molecule has 0 aliphatic heterocycles. The van der Waals surface area contributed by atoms with E-state index in [0.717, 1.165) is 16.6 Å². The molecular weight excluding hydrogens is 304 g/mol. The second-order valence-electron chi connectivity index (χ2n) is 4.44. The van der Waals surface area contributed by atoms with Crippen LogP contribution in [0, 0.1) is 0 Å². The number of pyridine rings is 1. The summed E-state index contributed by atoms with van der Waals surface area (Å²) >= 11 is 3.44. The number of rotatable bonds is 5. The molecule has 2 rings (SSSR count). The van der Waals surface area contributed by atoms with E-state index in [-0.39, 0.29) is 0 Å². The highest BCUT2D eigenvalue weighted by Crippen LogP contribution is 2.21. The van der Waals surface area contributed by atoms with Crippen molar-refractivity contribution in [3.05, 3.63) is 52.6 Å². The number of ether oxygens (including phenoxy) is 1. The van der Waals surface area contributed by atoms with E-state index in [1.54, 1.807) is 13.3 Å². The number of anilines is 1. The van der Waals surface area contributed by atoms with Gasteiger partial charge >= 0.3 is 0 Å². The fraction of sp³-hybridized carbons (Fsp3) is 0.267. The molecule has 0 radical (unpaired) electrons. The molecule has 1 N–H and O–H groups in total. The lowest BCUT2D eigenvalue weighted by molar-refractivity contribution is 0.399. The first-order chi connectivity index (χ1) is 9.19. The zero-order valence-electron chi connectivity index (χ0n) is 11.1. The number of benzene rings is 1. The molecule has 0 saturated heterocycles. The van der Waals surface area contributed by atoms with Crippen molar-refractivity contribution >= 4 is 21.6 Å². The van der Waals surface area contributed by atoms with E-state index < -0.39 is 0 Å². The van der Waals surface area contributed by atoms with Gasteiger partial charge in [-0.05, 0) is 43.2 Å². The first-order valence-corrected chi connectivity index (χ1v) is 6.98. The molecule has 0 bridgehead atoms. The second-order valence-corrected chi connectivity index (χ2v) is 5.35. The molecule has 1 aromatic carbocycles. The third-order valence-electron chi connectivity index (χ3n) is 2.82. The molecule has 0 fully saturated rings. The smallest absolute Gasteiger partial charge is 0.237 e. The number of nitrogens with one attached hydrogen (secondary N) is 1. The molecule has 0 aliphatic rings. The number of hydrogen-bond donors (Lipinski definition) is 1. The van der Waals surface area contributed by atoms with Gasteiger partial charge < -0.3 is 10.1 Å². The van der Waals surface area contributed by atoms with Crippen LogP contribution in [-0.2, 0) is 6.42 Å².